The zero-order valence-electron chi connectivity index (χ0n) is 29.1. The van der Waals surface area contributed by atoms with E-state index in [2.05, 4.69) is 143 Å². The van der Waals surface area contributed by atoms with Gasteiger partial charge >= 0.3 is 0 Å². The highest BCUT2D eigenvalue weighted by Gasteiger charge is 2.42. The van der Waals surface area contributed by atoms with Crippen molar-refractivity contribution < 1.29 is 0 Å². The number of pyridine rings is 1. The van der Waals surface area contributed by atoms with Crippen LogP contribution in [-0.2, 0) is 18.5 Å². The number of unbranched alkanes of at least 4 members (excludes halogenated alkanes) is 1. The van der Waals surface area contributed by atoms with Crippen LogP contribution in [0.15, 0.2) is 170 Å². The minimum atomic E-state index is -0.871. The third-order valence-corrected chi connectivity index (χ3v) is 9.71. The number of rotatable bonds is 12. The maximum absolute atomic E-state index is 5.10. The molecule has 0 aliphatic carbocycles. The Morgan fingerprint density at radius 3 is 1.81 bits per heavy atom. The molecule has 0 atom stereocenters. The lowest BCUT2D eigenvalue weighted by Gasteiger charge is -2.36. The van der Waals surface area contributed by atoms with Gasteiger partial charge in [0.25, 0.3) is 0 Å². The van der Waals surface area contributed by atoms with Gasteiger partial charge in [0.05, 0.1) is 5.69 Å². The molecule has 0 bridgehead atoms. The first kappa shape index (κ1) is 32.7. The number of hydrogen-bond acceptors (Lipinski definition) is 5. The van der Waals surface area contributed by atoms with E-state index >= 15 is 0 Å². The molecule has 8 aromatic rings. The van der Waals surface area contributed by atoms with Crippen molar-refractivity contribution in [2.45, 2.75) is 38.3 Å². The van der Waals surface area contributed by atoms with E-state index in [1.165, 1.54) is 0 Å². The molecule has 0 aliphatic heterocycles. The molecule has 3 aromatic heterocycles. The van der Waals surface area contributed by atoms with Crippen molar-refractivity contribution in [3.63, 3.8) is 0 Å². The fourth-order valence-corrected chi connectivity index (χ4v) is 7.21. The average Bonchev–Trinajstić information content (AvgIpc) is 3.87. The van der Waals surface area contributed by atoms with Gasteiger partial charge in [0.15, 0.2) is 5.82 Å². The number of aromatic nitrogens is 7. The molecule has 3 heterocycles. The van der Waals surface area contributed by atoms with Crippen LogP contribution in [0.2, 0.25) is 0 Å². The van der Waals surface area contributed by atoms with Gasteiger partial charge in [0, 0.05) is 42.7 Å². The molecule has 5 aromatic carbocycles. The van der Waals surface area contributed by atoms with Gasteiger partial charge in [-0.1, -0.05) is 147 Å². The molecule has 254 valence electrons. The Hall–Kier alpha value is -6.47. The topological polar surface area (TPSA) is 74.3 Å². The number of nitrogens with zero attached hydrogens (tertiary/aromatic N) is 7. The monoisotopic (exact) mass is 677 g/mol. The third-order valence-electron chi connectivity index (χ3n) is 9.71. The van der Waals surface area contributed by atoms with Gasteiger partial charge in [0.1, 0.15) is 11.4 Å². The fraction of sp³-hybridized carbons (Fsp3) is 0.133. The van der Waals surface area contributed by atoms with Gasteiger partial charge in [0.2, 0.25) is 0 Å². The first-order valence-electron chi connectivity index (χ1n) is 17.9. The van der Waals surface area contributed by atoms with Crippen LogP contribution in [0.4, 0.5) is 0 Å². The molecule has 0 radical (unpaired) electrons. The standard InChI is InChI=1S/C45H39N7/c1-2-3-24-43-47-42(36-27-29-46-30-28-36)33-51(43)32-34-25-26-40(35-16-8-4-9-17-35)41(31-34)44-48-49-50-52(44)45(37-18-10-5-11-19-37,38-20-12-6-13-21-38)39-22-14-7-15-23-39/h4-23,25-31,33H,2-3,24,32H2,1H3. The van der Waals surface area contributed by atoms with Crippen LogP contribution in [0.3, 0.4) is 0 Å². The van der Waals surface area contributed by atoms with E-state index < -0.39 is 5.54 Å². The van der Waals surface area contributed by atoms with E-state index in [1.54, 1.807) is 0 Å². The van der Waals surface area contributed by atoms with Crippen molar-refractivity contribution in [2.75, 3.05) is 0 Å². The minimum absolute atomic E-state index is 0.655. The molecule has 0 aliphatic rings. The number of hydrogen-bond donors (Lipinski definition) is 0. The van der Waals surface area contributed by atoms with Crippen molar-refractivity contribution >= 4 is 0 Å². The van der Waals surface area contributed by atoms with Crippen LogP contribution in [0.25, 0.3) is 33.8 Å². The van der Waals surface area contributed by atoms with Crippen molar-refractivity contribution in [1.82, 2.24) is 34.7 Å². The van der Waals surface area contributed by atoms with Crippen LogP contribution < -0.4 is 0 Å². The Morgan fingerprint density at radius 2 is 1.21 bits per heavy atom. The molecule has 0 spiro atoms. The summed E-state index contributed by atoms with van der Waals surface area (Å²) in [5.74, 6) is 1.75. The van der Waals surface area contributed by atoms with Gasteiger partial charge in [-0.15, -0.1) is 5.10 Å². The van der Waals surface area contributed by atoms with E-state index in [4.69, 9.17) is 15.3 Å². The molecule has 8 rings (SSSR count). The van der Waals surface area contributed by atoms with Crippen LogP contribution >= 0.6 is 0 Å². The lowest BCUT2D eigenvalue weighted by Crippen LogP contribution is -2.39. The Kier molecular flexibility index (Phi) is 9.31. The van der Waals surface area contributed by atoms with Crippen LogP contribution in [-0.4, -0.2) is 34.7 Å². The molecule has 0 amide bonds. The Morgan fingerprint density at radius 1 is 0.615 bits per heavy atom. The Labute approximate surface area is 304 Å². The zero-order valence-corrected chi connectivity index (χ0v) is 29.1. The van der Waals surface area contributed by atoms with E-state index in [9.17, 15) is 0 Å². The number of benzene rings is 5. The fourth-order valence-electron chi connectivity index (χ4n) is 7.21. The molecule has 0 saturated heterocycles. The number of tetrazole rings is 1. The summed E-state index contributed by atoms with van der Waals surface area (Å²) >= 11 is 0. The first-order valence-corrected chi connectivity index (χ1v) is 17.9. The summed E-state index contributed by atoms with van der Waals surface area (Å²) in [7, 11) is 0. The van der Waals surface area contributed by atoms with E-state index in [1.807, 2.05) is 53.5 Å². The average molecular weight is 678 g/mol. The van der Waals surface area contributed by atoms with Crippen molar-refractivity contribution in [2.24, 2.45) is 0 Å². The maximum Gasteiger partial charge on any atom is 0.184 e. The van der Waals surface area contributed by atoms with Crippen LogP contribution in [0.1, 0.15) is 47.8 Å². The largest absolute Gasteiger partial charge is 0.330 e. The van der Waals surface area contributed by atoms with E-state index in [0.717, 1.165) is 75.3 Å². The van der Waals surface area contributed by atoms with Gasteiger partial charge in [-0.25, -0.2) is 9.67 Å². The molecule has 7 nitrogen and oxygen atoms in total. The Balaban J connectivity index is 1.34. The predicted molar refractivity (Wildman–Crippen MR) is 206 cm³/mol. The summed E-state index contributed by atoms with van der Waals surface area (Å²) in [5, 5.41) is 14.1. The highest BCUT2D eigenvalue weighted by molar-refractivity contribution is 5.81. The molecule has 0 saturated carbocycles. The van der Waals surface area contributed by atoms with E-state index in [-0.39, 0.29) is 0 Å². The lowest BCUT2D eigenvalue weighted by atomic mass is 9.77. The van der Waals surface area contributed by atoms with Crippen molar-refractivity contribution in [3.8, 4) is 33.8 Å². The van der Waals surface area contributed by atoms with Crippen LogP contribution in [0.5, 0.6) is 0 Å². The molecule has 52 heavy (non-hydrogen) atoms. The van der Waals surface area contributed by atoms with Gasteiger partial charge in [-0.05, 0) is 68.4 Å². The van der Waals surface area contributed by atoms with Crippen LogP contribution in [0, 0.1) is 0 Å². The highest BCUT2D eigenvalue weighted by Crippen LogP contribution is 2.43. The SMILES string of the molecule is CCCCc1nc(-c2ccncc2)cn1Cc1ccc(-c2ccccc2)c(-c2nnnn2C(c2ccccc2)(c2ccccc2)c2ccccc2)c1. The molecule has 7 heteroatoms. The van der Waals surface area contributed by atoms with Gasteiger partial charge in [-0.3, -0.25) is 4.98 Å². The maximum atomic E-state index is 5.10. The molecular weight excluding hydrogens is 639 g/mol. The normalized spacial score (nSPS) is 11.5. The number of imidazole rings is 1. The summed E-state index contributed by atoms with van der Waals surface area (Å²) in [5.41, 5.74) is 8.54. The summed E-state index contributed by atoms with van der Waals surface area (Å²) in [6.45, 7) is 2.87. The second-order valence-corrected chi connectivity index (χ2v) is 13.0. The van der Waals surface area contributed by atoms with Crippen molar-refractivity contribution in [1.29, 1.82) is 0 Å². The minimum Gasteiger partial charge on any atom is -0.330 e. The zero-order chi connectivity index (χ0) is 35.2. The van der Waals surface area contributed by atoms with E-state index in [0.29, 0.717) is 12.4 Å². The first-order chi connectivity index (χ1) is 25.8. The van der Waals surface area contributed by atoms with Crippen molar-refractivity contribution in [3.05, 3.63) is 198 Å². The third kappa shape index (κ3) is 6.22. The molecule has 0 N–H and O–H groups in total. The lowest BCUT2D eigenvalue weighted by molar-refractivity contribution is 0.451. The molecular formula is C45H39N7. The summed E-state index contributed by atoms with van der Waals surface area (Å²) < 4.78 is 4.31. The number of aryl methyl sites for hydroxylation is 1. The molecule has 0 fully saturated rings. The Bertz CT molecular complexity index is 2260. The predicted octanol–water partition coefficient (Wildman–Crippen LogP) is 9.50. The van der Waals surface area contributed by atoms with Gasteiger partial charge < -0.3 is 4.57 Å². The summed E-state index contributed by atoms with van der Waals surface area (Å²) in [6, 6.07) is 52.8. The summed E-state index contributed by atoms with van der Waals surface area (Å²) in [6.07, 6.45) is 8.88. The van der Waals surface area contributed by atoms with Gasteiger partial charge in [-0.2, -0.15) is 0 Å². The highest BCUT2D eigenvalue weighted by atomic mass is 15.6. The summed E-state index contributed by atoms with van der Waals surface area (Å²) in [4.78, 5) is 9.31. The quantitative estimate of drug-likeness (QED) is 0.121. The smallest absolute Gasteiger partial charge is 0.184 e. The molecule has 0 unspecified atom stereocenters. The second-order valence-electron chi connectivity index (χ2n) is 13.0. The second kappa shape index (κ2) is 14.8.